The van der Waals surface area contributed by atoms with Crippen LogP contribution in [0.3, 0.4) is 0 Å². The lowest BCUT2D eigenvalue weighted by molar-refractivity contribution is 0.0750. The zero-order chi connectivity index (χ0) is 12.3. The van der Waals surface area contributed by atoms with Crippen LogP contribution in [0.15, 0.2) is 23.1 Å². The van der Waals surface area contributed by atoms with Crippen molar-refractivity contribution in [1.29, 1.82) is 0 Å². The van der Waals surface area contributed by atoms with Crippen molar-refractivity contribution in [1.82, 2.24) is 10.4 Å². The zero-order valence-corrected chi connectivity index (χ0v) is 10.3. The average Bonchev–Trinajstić information content (AvgIpc) is 2.34. The molecule has 1 amide bonds. The monoisotopic (exact) mass is 254 g/mol. The summed E-state index contributed by atoms with van der Waals surface area (Å²) in [5, 5.41) is 1.91. The van der Waals surface area contributed by atoms with Crippen LogP contribution >= 0.6 is 12.6 Å². The quantitative estimate of drug-likeness (QED) is 0.793. The minimum Gasteiger partial charge on any atom is -0.285 e. The van der Waals surface area contributed by atoms with Crippen molar-refractivity contribution in [2.24, 2.45) is 0 Å². The molecule has 92 valence electrons. The molecule has 0 atom stereocenters. The molecule has 0 unspecified atom stereocenters. The number of nitrogens with zero attached hydrogens (tertiary/aromatic N) is 1. The highest BCUT2D eigenvalue weighted by Crippen LogP contribution is 2.14. The van der Waals surface area contributed by atoms with E-state index in [2.05, 4.69) is 18.1 Å². The minimum absolute atomic E-state index is 0.191. The first-order chi connectivity index (χ1) is 8.16. The average molecular weight is 254 g/mol. The highest BCUT2D eigenvalue weighted by Gasteiger charge is 2.14. The summed E-state index contributed by atoms with van der Waals surface area (Å²) in [6, 6.07) is 4.17. The summed E-state index contributed by atoms with van der Waals surface area (Å²) in [4.78, 5) is 12.1. The molecule has 17 heavy (non-hydrogen) atoms. The number of piperidine rings is 1. The third-order valence-electron chi connectivity index (χ3n) is 2.82. The molecule has 0 spiro atoms. The maximum atomic E-state index is 13.0. The van der Waals surface area contributed by atoms with Crippen LogP contribution in [-0.2, 0) is 0 Å². The van der Waals surface area contributed by atoms with Gasteiger partial charge < -0.3 is 0 Å². The van der Waals surface area contributed by atoms with Crippen molar-refractivity contribution >= 4 is 18.5 Å². The van der Waals surface area contributed by atoms with Crippen LogP contribution in [0.25, 0.3) is 0 Å². The molecule has 0 aliphatic carbocycles. The normalized spacial score (nSPS) is 16.8. The minimum atomic E-state index is -0.414. The molecular formula is C12H15FN2OS. The van der Waals surface area contributed by atoms with Gasteiger partial charge in [-0.1, -0.05) is 6.42 Å². The van der Waals surface area contributed by atoms with Crippen molar-refractivity contribution in [3.63, 3.8) is 0 Å². The van der Waals surface area contributed by atoms with E-state index in [-0.39, 0.29) is 10.8 Å². The van der Waals surface area contributed by atoms with Gasteiger partial charge in [-0.05, 0) is 31.0 Å². The molecule has 1 aliphatic rings. The summed E-state index contributed by atoms with van der Waals surface area (Å²) in [6.07, 6.45) is 3.41. The maximum Gasteiger partial charge on any atom is 0.265 e. The van der Waals surface area contributed by atoms with E-state index in [0.29, 0.717) is 5.56 Å². The Kier molecular flexibility index (Phi) is 4.02. The van der Waals surface area contributed by atoms with Gasteiger partial charge in [0.25, 0.3) is 5.91 Å². The van der Waals surface area contributed by atoms with Crippen molar-refractivity contribution in [2.75, 3.05) is 13.1 Å². The Balaban J connectivity index is 2.01. The van der Waals surface area contributed by atoms with E-state index in [1.807, 2.05) is 5.01 Å². The molecule has 0 bridgehead atoms. The lowest BCUT2D eigenvalue weighted by Crippen LogP contribution is -2.45. The highest BCUT2D eigenvalue weighted by atomic mass is 32.1. The molecule has 1 aromatic carbocycles. The van der Waals surface area contributed by atoms with E-state index in [1.165, 1.54) is 24.6 Å². The topological polar surface area (TPSA) is 32.3 Å². The summed E-state index contributed by atoms with van der Waals surface area (Å²) in [5.74, 6) is -0.620. The van der Waals surface area contributed by atoms with Gasteiger partial charge in [0.1, 0.15) is 5.82 Å². The summed E-state index contributed by atoms with van der Waals surface area (Å²) >= 11 is 3.96. The summed E-state index contributed by atoms with van der Waals surface area (Å²) in [5.41, 5.74) is 3.25. The molecule has 1 heterocycles. The van der Waals surface area contributed by atoms with Gasteiger partial charge in [-0.25, -0.2) is 9.40 Å². The first-order valence-corrected chi connectivity index (χ1v) is 6.16. The number of rotatable bonds is 2. The number of hydrogen-bond donors (Lipinski definition) is 2. The Morgan fingerprint density at radius 2 is 2.00 bits per heavy atom. The molecule has 1 aromatic rings. The molecule has 2 rings (SSSR count). The second-order valence-corrected chi connectivity index (χ2v) is 4.64. The Bertz CT molecular complexity index is 419. The summed E-state index contributed by atoms with van der Waals surface area (Å²) in [6.45, 7) is 1.75. The van der Waals surface area contributed by atoms with E-state index in [0.717, 1.165) is 25.9 Å². The Morgan fingerprint density at radius 3 is 2.65 bits per heavy atom. The van der Waals surface area contributed by atoms with Gasteiger partial charge in [-0.2, -0.15) is 0 Å². The second kappa shape index (κ2) is 5.51. The molecule has 0 radical (unpaired) electrons. The van der Waals surface area contributed by atoms with Crippen LogP contribution in [-0.4, -0.2) is 24.0 Å². The number of carbonyl (C=O) groups is 1. The number of carbonyl (C=O) groups excluding carboxylic acids is 1. The number of benzene rings is 1. The van der Waals surface area contributed by atoms with Gasteiger partial charge in [-0.3, -0.25) is 10.2 Å². The number of halogens is 1. The molecule has 1 fully saturated rings. The van der Waals surface area contributed by atoms with Crippen LogP contribution in [0.5, 0.6) is 0 Å². The fourth-order valence-electron chi connectivity index (χ4n) is 1.87. The van der Waals surface area contributed by atoms with Crippen LogP contribution in [0, 0.1) is 5.82 Å². The third-order valence-corrected chi connectivity index (χ3v) is 3.17. The molecule has 1 N–H and O–H groups in total. The van der Waals surface area contributed by atoms with Gasteiger partial charge in [-0.15, -0.1) is 12.6 Å². The number of hydrogen-bond acceptors (Lipinski definition) is 3. The second-order valence-electron chi connectivity index (χ2n) is 4.15. The first-order valence-electron chi connectivity index (χ1n) is 5.71. The van der Waals surface area contributed by atoms with Crippen molar-refractivity contribution in [3.05, 3.63) is 29.6 Å². The van der Waals surface area contributed by atoms with Gasteiger partial charge >= 0.3 is 0 Å². The number of hydrazine groups is 1. The summed E-state index contributed by atoms with van der Waals surface area (Å²) < 4.78 is 13.0. The van der Waals surface area contributed by atoms with Crippen molar-refractivity contribution in [3.8, 4) is 0 Å². The SMILES string of the molecule is O=C(NN1CCCCC1)c1ccc(F)c(S)c1. The highest BCUT2D eigenvalue weighted by molar-refractivity contribution is 7.80. The largest absolute Gasteiger partial charge is 0.285 e. The van der Waals surface area contributed by atoms with Gasteiger partial charge in [0.2, 0.25) is 0 Å². The molecule has 0 aromatic heterocycles. The van der Waals surface area contributed by atoms with Gasteiger partial charge in [0, 0.05) is 23.5 Å². The van der Waals surface area contributed by atoms with Crippen LogP contribution in [0.1, 0.15) is 29.6 Å². The molecule has 3 nitrogen and oxygen atoms in total. The van der Waals surface area contributed by atoms with Crippen LogP contribution in [0.2, 0.25) is 0 Å². The lowest BCUT2D eigenvalue weighted by Gasteiger charge is -2.26. The van der Waals surface area contributed by atoms with Crippen molar-refractivity contribution in [2.45, 2.75) is 24.2 Å². The van der Waals surface area contributed by atoms with Crippen molar-refractivity contribution < 1.29 is 9.18 Å². The Labute approximate surface area is 105 Å². The van der Waals surface area contributed by atoms with E-state index in [1.54, 1.807) is 0 Å². The molecular weight excluding hydrogens is 239 g/mol. The molecule has 0 saturated carbocycles. The number of thiol groups is 1. The summed E-state index contributed by atoms with van der Waals surface area (Å²) in [7, 11) is 0. The van der Waals surface area contributed by atoms with E-state index in [4.69, 9.17) is 0 Å². The maximum absolute atomic E-state index is 13.0. The number of nitrogens with one attached hydrogen (secondary N) is 1. The third kappa shape index (κ3) is 3.20. The van der Waals surface area contributed by atoms with E-state index < -0.39 is 5.82 Å². The predicted molar refractivity (Wildman–Crippen MR) is 66.5 cm³/mol. The van der Waals surface area contributed by atoms with Crippen LogP contribution in [0.4, 0.5) is 4.39 Å². The Morgan fingerprint density at radius 1 is 1.29 bits per heavy atom. The fraction of sp³-hybridized carbons (Fsp3) is 0.417. The molecule has 1 aliphatic heterocycles. The first kappa shape index (κ1) is 12.4. The van der Waals surface area contributed by atoms with E-state index >= 15 is 0 Å². The lowest BCUT2D eigenvalue weighted by atomic mass is 10.1. The zero-order valence-electron chi connectivity index (χ0n) is 9.45. The predicted octanol–water partition coefficient (Wildman–Crippen LogP) is 2.25. The standard InChI is InChI=1S/C12H15FN2OS/c13-10-5-4-9(8-11(10)17)12(16)14-15-6-2-1-3-7-15/h4-5,8,17H,1-3,6-7H2,(H,14,16). The van der Waals surface area contributed by atoms with Gasteiger partial charge in [0.05, 0.1) is 0 Å². The molecule has 1 saturated heterocycles. The van der Waals surface area contributed by atoms with Crippen LogP contribution < -0.4 is 5.43 Å². The fourth-order valence-corrected chi connectivity index (χ4v) is 2.08. The van der Waals surface area contributed by atoms with E-state index in [9.17, 15) is 9.18 Å². The Hall–Kier alpha value is -1.07. The molecule has 5 heteroatoms. The smallest absolute Gasteiger partial charge is 0.265 e. The number of amides is 1. The van der Waals surface area contributed by atoms with Gasteiger partial charge in [0.15, 0.2) is 0 Å².